The summed E-state index contributed by atoms with van der Waals surface area (Å²) in [6.45, 7) is 1.64. The Kier molecular flexibility index (Phi) is 5.91. The number of aryl methyl sites for hydroxylation is 1. The molecule has 0 amide bonds. The summed E-state index contributed by atoms with van der Waals surface area (Å²) in [6.07, 6.45) is 1.24. The Hall–Kier alpha value is -3.77. The van der Waals surface area contributed by atoms with Gasteiger partial charge in [0.15, 0.2) is 6.61 Å². The molecule has 0 saturated carbocycles. The first kappa shape index (κ1) is 20.5. The number of hydrogen-bond acceptors (Lipinski definition) is 6. The van der Waals surface area contributed by atoms with Crippen LogP contribution in [0.5, 0.6) is 23.0 Å². The molecule has 0 spiro atoms. The molecule has 3 aromatic carbocycles. The number of halogens is 1. The van der Waals surface area contributed by atoms with Crippen molar-refractivity contribution in [3.63, 3.8) is 0 Å². The van der Waals surface area contributed by atoms with E-state index in [2.05, 4.69) is 0 Å². The predicted octanol–water partition coefficient (Wildman–Crippen LogP) is 5.53. The van der Waals surface area contributed by atoms with E-state index in [0.29, 0.717) is 21.9 Å². The Balaban J connectivity index is 1.46. The van der Waals surface area contributed by atoms with Crippen LogP contribution in [0.1, 0.15) is 5.56 Å². The third kappa shape index (κ3) is 5.05. The van der Waals surface area contributed by atoms with Gasteiger partial charge in [0, 0.05) is 11.1 Å². The molecule has 0 unspecified atom stereocenters. The van der Waals surface area contributed by atoms with Crippen LogP contribution in [0.2, 0.25) is 5.02 Å². The topological polar surface area (TPSA) is 75.0 Å². The molecular formula is C24H17ClO6. The summed E-state index contributed by atoms with van der Waals surface area (Å²) in [5.74, 6) is 0.729. The minimum absolute atomic E-state index is 0.0687. The van der Waals surface area contributed by atoms with Crippen LogP contribution >= 0.6 is 11.6 Å². The maximum absolute atomic E-state index is 12.7. The first-order valence-electron chi connectivity index (χ1n) is 9.37. The Bertz CT molecular complexity index is 1290. The third-order valence-electron chi connectivity index (χ3n) is 4.33. The zero-order chi connectivity index (χ0) is 21.8. The highest BCUT2D eigenvalue weighted by Crippen LogP contribution is 2.24. The zero-order valence-corrected chi connectivity index (χ0v) is 17.2. The molecule has 1 heterocycles. The molecule has 0 aliphatic carbocycles. The summed E-state index contributed by atoms with van der Waals surface area (Å²) in [4.78, 5) is 24.8. The van der Waals surface area contributed by atoms with Crippen molar-refractivity contribution >= 4 is 28.5 Å². The van der Waals surface area contributed by atoms with Gasteiger partial charge >= 0.3 is 5.97 Å². The standard InChI is InChI=1S/C24H17ClO6/c1-15-3-2-4-18(11-15)30-22-13-29-21-12-19(9-10-20(21)24(22)27)31-23(26)14-28-17-7-5-16(25)6-8-17/h2-13H,14H2,1H3. The maximum atomic E-state index is 12.7. The number of benzene rings is 3. The molecule has 1 aromatic heterocycles. The molecule has 0 saturated heterocycles. The van der Waals surface area contributed by atoms with E-state index in [1.165, 1.54) is 24.5 Å². The van der Waals surface area contributed by atoms with Gasteiger partial charge in [0.05, 0.1) is 5.39 Å². The summed E-state index contributed by atoms with van der Waals surface area (Å²) in [5.41, 5.74) is 0.950. The van der Waals surface area contributed by atoms with Crippen molar-refractivity contribution in [2.45, 2.75) is 6.92 Å². The molecule has 6 nitrogen and oxygen atoms in total. The molecule has 31 heavy (non-hydrogen) atoms. The second-order valence-electron chi connectivity index (χ2n) is 6.72. The minimum atomic E-state index is -0.601. The smallest absolute Gasteiger partial charge is 0.349 e. The Morgan fingerprint density at radius 1 is 0.968 bits per heavy atom. The van der Waals surface area contributed by atoms with Crippen LogP contribution in [-0.2, 0) is 4.79 Å². The molecule has 4 aromatic rings. The molecule has 7 heteroatoms. The van der Waals surface area contributed by atoms with Crippen molar-refractivity contribution in [1.82, 2.24) is 0 Å². The van der Waals surface area contributed by atoms with Crippen LogP contribution in [0.15, 0.2) is 82.2 Å². The number of hydrogen-bond donors (Lipinski definition) is 0. The van der Waals surface area contributed by atoms with Gasteiger partial charge in [-0.3, -0.25) is 4.79 Å². The average Bonchev–Trinajstić information content (AvgIpc) is 2.75. The lowest BCUT2D eigenvalue weighted by Crippen LogP contribution is -2.17. The minimum Gasteiger partial charge on any atom is -0.482 e. The van der Waals surface area contributed by atoms with Gasteiger partial charge in [0.1, 0.15) is 29.1 Å². The second kappa shape index (κ2) is 8.93. The molecule has 156 valence electrons. The van der Waals surface area contributed by atoms with E-state index in [-0.39, 0.29) is 29.1 Å². The normalized spacial score (nSPS) is 10.6. The number of esters is 1. The predicted molar refractivity (Wildman–Crippen MR) is 116 cm³/mol. The number of rotatable bonds is 6. The van der Waals surface area contributed by atoms with Gasteiger partial charge < -0.3 is 18.6 Å². The Morgan fingerprint density at radius 3 is 2.52 bits per heavy atom. The summed E-state index contributed by atoms with van der Waals surface area (Å²) in [6, 6.07) is 18.5. The molecule has 0 bridgehead atoms. The third-order valence-corrected chi connectivity index (χ3v) is 4.59. The first-order chi connectivity index (χ1) is 15.0. The fraction of sp³-hybridized carbons (Fsp3) is 0.0833. The van der Waals surface area contributed by atoms with Crippen LogP contribution in [-0.4, -0.2) is 12.6 Å². The van der Waals surface area contributed by atoms with Crippen molar-refractivity contribution in [3.05, 3.63) is 93.8 Å². The monoisotopic (exact) mass is 436 g/mol. The largest absolute Gasteiger partial charge is 0.482 e. The molecule has 0 aliphatic rings. The van der Waals surface area contributed by atoms with Gasteiger partial charge in [-0.05, 0) is 61.0 Å². The first-order valence-corrected chi connectivity index (χ1v) is 9.75. The van der Waals surface area contributed by atoms with Crippen molar-refractivity contribution in [2.24, 2.45) is 0 Å². The van der Waals surface area contributed by atoms with Crippen LogP contribution in [0.25, 0.3) is 11.0 Å². The highest BCUT2D eigenvalue weighted by atomic mass is 35.5. The summed E-state index contributed by atoms with van der Waals surface area (Å²) in [7, 11) is 0. The molecule has 0 fully saturated rings. The molecule has 0 aliphatic heterocycles. The molecule has 0 radical (unpaired) electrons. The van der Waals surface area contributed by atoms with E-state index in [1.807, 2.05) is 25.1 Å². The van der Waals surface area contributed by atoms with Gasteiger partial charge in [0.2, 0.25) is 11.2 Å². The van der Waals surface area contributed by atoms with E-state index in [0.717, 1.165) is 5.56 Å². The van der Waals surface area contributed by atoms with Crippen LogP contribution in [0.3, 0.4) is 0 Å². The highest BCUT2D eigenvalue weighted by molar-refractivity contribution is 6.30. The molecular weight excluding hydrogens is 420 g/mol. The molecule has 0 N–H and O–H groups in total. The van der Waals surface area contributed by atoms with E-state index in [1.54, 1.807) is 30.3 Å². The van der Waals surface area contributed by atoms with Crippen LogP contribution < -0.4 is 19.6 Å². The Labute approximate surface area is 182 Å². The number of carbonyl (C=O) groups is 1. The van der Waals surface area contributed by atoms with Gasteiger partial charge in [-0.1, -0.05) is 23.7 Å². The number of fused-ring (bicyclic) bond motifs is 1. The fourth-order valence-corrected chi connectivity index (χ4v) is 2.99. The van der Waals surface area contributed by atoms with E-state index in [9.17, 15) is 9.59 Å². The van der Waals surface area contributed by atoms with Gasteiger partial charge in [-0.25, -0.2) is 4.79 Å². The summed E-state index contributed by atoms with van der Waals surface area (Å²) < 4.78 is 21.8. The van der Waals surface area contributed by atoms with E-state index in [4.69, 9.17) is 30.2 Å². The highest BCUT2D eigenvalue weighted by Gasteiger charge is 2.12. The van der Waals surface area contributed by atoms with E-state index < -0.39 is 5.97 Å². The number of carbonyl (C=O) groups excluding carboxylic acids is 1. The number of ether oxygens (including phenoxy) is 3. The van der Waals surface area contributed by atoms with Crippen LogP contribution in [0.4, 0.5) is 0 Å². The van der Waals surface area contributed by atoms with Crippen molar-refractivity contribution in [2.75, 3.05) is 6.61 Å². The van der Waals surface area contributed by atoms with Crippen molar-refractivity contribution in [1.29, 1.82) is 0 Å². The summed E-state index contributed by atoms with van der Waals surface area (Å²) in [5, 5.41) is 0.877. The summed E-state index contributed by atoms with van der Waals surface area (Å²) >= 11 is 5.81. The van der Waals surface area contributed by atoms with E-state index >= 15 is 0 Å². The van der Waals surface area contributed by atoms with Crippen LogP contribution in [0, 0.1) is 6.92 Å². The maximum Gasteiger partial charge on any atom is 0.349 e. The molecule has 0 atom stereocenters. The SMILES string of the molecule is Cc1cccc(Oc2coc3cc(OC(=O)COc4ccc(Cl)cc4)ccc3c2=O)c1. The quantitative estimate of drug-likeness (QED) is 0.292. The van der Waals surface area contributed by atoms with Crippen molar-refractivity contribution in [3.8, 4) is 23.0 Å². The zero-order valence-electron chi connectivity index (χ0n) is 16.5. The Morgan fingerprint density at radius 2 is 1.74 bits per heavy atom. The fourth-order valence-electron chi connectivity index (χ4n) is 2.86. The molecule has 4 rings (SSSR count). The van der Waals surface area contributed by atoms with Gasteiger partial charge in [-0.15, -0.1) is 0 Å². The van der Waals surface area contributed by atoms with Gasteiger partial charge in [0.25, 0.3) is 0 Å². The van der Waals surface area contributed by atoms with Gasteiger partial charge in [-0.2, -0.15) is 0 Å². The average molecular weight is 437 g/mol. The lowest BCUT2D eigenvalue weighted by molar-refractivity contribution is -0.136. The second-order valence-corrected chi connectivity index (χ2v) is 7.16. The lowest BCUT2D eigenvalue weighted by atomic mass is 10.2. The van der Waals surface area contributed by atoms with Crippen molar-refractivity contribution < 1.29 is 23.4 Å². The lowest BCUT2D eigenvalue weighted by Gasteiger charge is -2.08.